The van der Waals surface area contributed by atoms with Crippen LogP contribution in [0.5, 0.6) is 0 Å². The molecule has 0 rings (SSSR count). The van der Waals surface area contributed by atoms with Gasteiger partial charge in [0, 0.05) is 0 Å². The van der Waals surface area contributed by atoms with Crippen molar-refractivity contribution in [2.75, 3.05) is 0 Å². The van der Waals surface area contributed by atoms with Crippen molar-refractivity contribution in [2.24, 2.45) is 0 Å². The molecule has 0 bridgehead atoms. The third-order valence-electron chi connectivity index (χ3n) is 0.719. The molecule has 0 radical (unpaired) electrons. The van der Waals surface area contributed by atoms with Crippen molar-refractivity contribution in [1.82, 2.24) is 10.3 Å². The first kappa shape index (κ1) is 7.07. The van der Waals surface area contributed by atoms with Gasteiger partial charge >= 0.3 is 0 Å². The summed E-state index contributed by atoms with van der Waals surface area (Å²) in [6.45, 7) is 0. The molecule has 0 aromatic rings. The van der Waals surface area contributed by atoms with Gasteiger partial charge in [-0.3, -0.25) is 15.0 Å². The lowest BCUT2D eigenvalue weighted by molar-refractivity contribution is -0.111. The van der Waals surface area contributed by atoms with Gasteiger partial charge in [-0.15, -0.1) is 0 Å². The topological polar surface area (TPSA) is 49.4 Å². The lowest BCUT2D eigenvalue weighted by atomic mass is 10.1. The van der Waals surface area contributed by atoms with Crippen LogP contribution in [0.2, 0.25) is 0 Å². The molecule has 0 aliphatic carbocycles. The fraction of sp³-hybridized carbons (Fsp3) is 0. The van der Waals surface area contributed by atoms with Crippen molar-refractivity contribution < 1.29 is 9.59 Å². The van der Waals surface area contributed by atoms with Gasteiger partial charge in [0.15, 0.2) is 5.81 Å². The summed E-state index contributed by atoms with van der Waals surface area (Å²) in [5.74, 6) is -0.197. The molecule has 0 aromatic heterocycles. The molecule has 0 unspecified atom stereocenters. The first-order valence-electron chi connectivity index (χ1n) is 2.12. The van der Waals surface area contributed by atoms with E-state index in [-0.39, 0.29) is 5.81 Å². The van der Waals surface area contributed by atoms with Crippen LogP contribution in [0.4, 0.5) is 4.79 Å². The van der Waals surface area contributed by atoms with Crippen molar-refractivity contribution in [2.45, 2.75) is 0 Å². The Labute approximate surface area is 49.0 Å². The van der Waals surface area contributed by atoms with Crippen LogP contribution in [-0.4, -0.2) is 33.0 Å². The van der Waals surface area contributed by atoms with E-state index in [4.69, 9.17) is 0 Å². The number of hydrogen-bond donors (Lipinski definition) is 1. The monoisotopic (exact) mass is 112 g/mol. The maximum absolute atomic E-state index is 10.2. The van der Waals surface area contributed by atoms with Gasteiger partial charge in [0.25, 0.3) is 0 Å². The zero-order chi connectivity index (χ0) is 6.57. The van der Waals surface area contributed by atoms with Gasteiger partial charge in [0.1, 0.15) is 0 Å². The van der Waals surface area contributed by atoms with Crippen molar-refractivity contribution in [3.05, 3.63) is 0 Å². The normalized spacial score (nSPS) is 7.50. The molecular formula is C2H6B2N2O2. The Morgan fingerprint density at radius 3 is 2.38 bits per heavy atom. The Bertz CT molecular complexity index is 106. The first-order chi connectivity index (χ1) is 3.68. The number of rotatable bonds is 2. The maximum Gasteiger partial charge on any atom is 0.249 e. The average molecular weight is 112 g/mol. The molecule has 0 saturated heterocycles. The largest absolute Gasteiger partial charge is 0.320 e. The number of amides is 2. The van der Waals surface area contributed by atoms with Crippen molar-refractivity contribution >= 4 is 28.0 Å². The number of carbonyl (C=O) groups is 2. The summed E-state index contributed by atoms with van der Waals surface area (Å²) in [6, 6.07) is 0. The van der Waals surface area contributed by atoms with Crippen LogP contribution in [0.15, 0.2) is 0 Å². The van der Waals surface area contributed by atoms with Gasteiger partial charge in [-0.25, -0.2) is 0 Å². The van der Waals surface area contributed by atoms with Crippen molar-refractivity contribution in [3.63, 3.8) is 0 Å². The van der Waals surface area contributed by atoms with Gasteiger partial charge in [-0.2, -0.15) is 0 Å². The smallest absolute Gasteiger partial charge is 0.249 e. The second kappa shape index (κ2) is 3.12. The average Bonchev–Trinajstić information content (AvgIpc) is 1.67. The number of carbonyl (C=O) groups excluding carboxylic acids is 2. The first-order valence-corrected chi connectivity index (χ1v) is 2.12. The zero-order valence-electron chi connectivity index (χ0n) is 4.84. The van der Waals surface area contributed by atoms with Gasteiger partial charge in [0.05, 0.1) is 0 Å². The van der Waals surface area contributed by atoms with Crippen LogP contribution in [0.3, 0.4) is 0 Å². The number of hydrogen-bond acceptors (Lipinski definition) is 2. The van der Waals surface area contributed by atoms with Gasteiger partial charge in [-0.1, -0.05) is 0 Å². The van der Waals surface area contributed by atoms with Gasteiger partial charge in [0.2, 0.25) is 22.2 Å². The molecule has 8 heavy (non-hydrogen) atoms. The Hall–Kier alpha value is -0.930. The summed E-state index contributed by atoms with van der Waals surface area (Å²) >= 11 is 0. The molecule has 4 nitrogen and oxygen atoms in total. The fourth-order valence-corrected chi connectivity index (χ4v) is 0.170. The summed E-state index contributed by atoms with van der Waals surface area (Å²) in [4.78, 5) is 20.9. The SMILES string of the molecule is BC(=O)N(B)NC=O. The second-order valence-corrected chi connectivity index (χ2v) is 1.32. The van der Waals surface area contributed by atoms with Gasteiger partial charge in [-0.05, 0) is 0 Å². The Kier molecular flexibility index (Phi) is 2.76. The summed E-state index contributed by atoms with van der Waals surface area (Å²) in [6.07, 6.45) is 0.446. The molecule has 6 heteroatoms. The van der Waals surface area contributed by atoms with Crippen LogP contribution in [0.25, 0.3) is 0 Å². The molecule has 0 aliphatic heterocycles. The molecular weight excluding hydrogens is 106 g/mol. The van der Waals surface area contributed by atoms with Crippen LogP contribution in [0.1, 0.15) is 0 Å². The van der Waals surface area contributed by atoms with Crippen LogP contribution >= 0.6 is 0 Å². The third-order valence-corrected chi connectivity index (χ3v) is 0.719. The predicted molar refractivity (Wildman–Crippen MR) is 33.5 cm³/mol. The van der Waals surface area contributed by atoms with Crippen LogP contribution in [-0.2, 0) is 4.79 Å². The molecule has 0 atom stereocenters. The van der Waals surface area contributed by atoms with E-state index in [0.717, 1.165) is 4.92 Å². The van der Waals surface area contributed by atoms with Crippen LogP contribution < -0.4 is 5.43 Å². The molecule has 1 N–H and O–H groups in total. The minimum Gasteiger partial charge on any atom is -0.320 e. The minimum absolute atomic E-state index is 0.197. The quantitative estimate of drug-likeness (QED) is 0.239. The molecule has 0 aliphatic rings. The third kappa shape index (κ3) is 2.28. The summed E-state index contributed by atoms with van der Waals surface area (Å²) in [5, 5.41) is 0. The van der Waals surface area contributed by atoms with E-state index < -0.39 is 0 Å². The highest BCUT2D eigenvalue weighted by molar-refractivity contribution is 6.59. The Balaban J connectivity index is 3.46. The molecule has 0 spiro atoms. The lowest BCUT2D eigenvalue weighted by Gasteiger charge is -2.11. The predicted octanol–water partition coefficient (Wildman–Crippen LogP) is -2.75. The summed E-state index contributed by atoms with van der Waals surface area (Å²) < 4.78 is 0. The van der Waals surface area contributed by atoms with E-state index in [1.807, 2.05) is 0 Å². The van der Waals surface area contributed by atoms with E-state index >= 15 is 0 Å². The Morgan fingerprint density at radius 2 is 2.25 bits per heavy atom. The molecule has 0 saturated carbocycles. The van der Waals surface area contributed by atoms with E-state index in [0.29, 0.717) is 6.41 Å². The molecule has 0 heterocycles. The Morgan fingerprint density at radius 1 is 1.75 bits per heavy atom. The summed E-state index contributed by atoms with van der Waals surface area (Å²) in [7, 11) is 2.83. The molecule has 0 fully saturated rings. The maximum atomic E-state index is 10.2. The lowest BCUT2D eigenvalue weighted by Crippen LogP contribution is -2.39. The second-order valence-electron chi connectivity index (χ2n) is 1.32. The summed E-state index contributed by atoms with van der Waals surface area (Å²) in [5.41, 5.74) is 2.15. The van der Waals surface area contributed by atoms with Gasteiger partial charge < -0.3 is 4.92 Å². The van der Waals surface area contributed by atoms with E-state index in [1.54, 1.807) is 0 Å². The van der Waals surface area contributed by atoms with Crippen molar-refractivity contribution in [3.8, 4) is 0 Å². The van der Waals surface area contributed by atoms with E-state index in [2.05, 4.69) is 5.43 Å². The highest BCUT2D eigenvalue weighted by Gasteiger charge is 1.95. The highest BCUT2D eigenvalue weighted by Crippen LogP contribution is 1.68. The fourth-order valence-electron chi connectivity index (χ4n) is 0.170. The number of hydrazine groups is 1. The molecule has 2 amide bonds. The molecule has 42 valence electrons. The van der Waals surface area contributed by atoms with E-state index in [9.17, 15) is 9.59 Å². The number of nitrogens with one attached hydrogen (secondary N) is 1. The van der Waals surface area contributed by atoms with Crippen LogP contribution in [0, 0.1) is 0 Å². The standard InChI is InChI=1S/C2H6B2N2O2/c3-2(8)6(4)5-1-7/h1H,3-4H2,(H,5,7). The highest BCUT2D eigenvalue weighted by atomic mass is 16.2. The molecule has 0 aromatic carbocycles. The van der Waals surface area contributed by atoms with E-state index in [1.165, 1.54) is 15.8 Å². The minimum atomic E-state index is -0.197. The number of nitrogens with zero attached hydrogens (tertiary/aromatic N) is 1. The zero-order valence-corrected chi connectivity index (χ0v) is 4.84. The van der Waals surface area contributed by atoms with Crippen molar-refractivity contribution in [1.29, 1.82) is 0 Å².